The van der Waals surface area contributed by atoms with E-state index in [1.165, 1.54) is 0 Å². The van der Waals surface area contributed by atoms with Crippen LogP contribution in [0.3, 0.4) is 0 Å². The number of hydrogen-bond donors (Lipinski definition) is 0. The highest BCUT2D eigenvalue weighted by Gasteiger charge is 2.48. The fourth-order valence-electron chi connectivity index (χ4n) is 2.38. The van der Waals surface area contributed by atoms with Gasteiger partial charge in [0, 0.05) is 7.11 Å². The smallest absolute Gasteiger partial charge is 0.193 e. The van der Waals surface area contributed by atoms with Crippen molar-refractivity contribution in [2.24, 2.45) is 0 Å². The highest BCUT2D eigenvalue weighted by molar-refractivity contribution is 6.74. The first-order valence-corrected chi connectivity index (χ1v) is 15.7. The third kappa shape index (κ3) is 6.11. The van der Waals surface area contributed by atoms with Gasteiger partial charge in [-0.25, -0.2) is 0 Å². The Morgan fingerprint density at radius 2 is 1.30 bits per heavy atom. The van der Waals surface area contributed by atoms with Gasteiger partial charge in [-0.05, 0) is 42.3 Å². The van der Waals surface area contributed by atoms with Crippen LogP contribution in [0.1, 0.15) is 41.5 Å². The molecule has 0 aromatic carbocycles. The van der Waals surface area contributed by atoms with E-state index < -0.39 is 22.9 Å². The standard InChI is InChI=1S/C21H42O4Si2/c1-13-18(22-8)23-16-14-15-17(24-26(9,10)20(2,3)4)19(16)25-27(11,12)21(5,6)7/h13-19H,1H2,2-12H3/t16-,17-,18?,19+/m1/s1. The summed E-state index contributed by atoms with van der Waals surface area (Å²) in [6.07, 6.45) is 4.89. The van der Waals surface area contributed by atoms with Crippen LogP contribution in [-0.4, -0.2) is 48.3 Å². The minimum atomic E-state index is -2.00. The van der Waals surface area contributed by atoms with Crippen molar-refractivity contribution < 1.29 is 18.3 Å². The first-order chi connectivity index (χ1) is 12.1. The summed E-state index contributed by atoms with van der Waals surface area (Å²) < 4.78 is 25.0. The number of methoxy groups -OCH3 is 1. The molecule has 6 heteroatoms. The molecule has 0 amide bonds. The molecule has 0 N–H and O–H groups in total. The fraction of sp³-hybridized carbons (Fsp3) is 0.810. The maximum Gasteiger partial charge on any atom is 0.193 e. The SMILES string of the molecule is C=CC(OC)O[C@@H]1C=C[C@@H](O[Si](C)(C)C(C)(C)C)[C@H]1O[Si](C)(C)C(C)(C)C. The average molecular weight is 415 g/mol. The van der Waals surface area contributed by atoms with Crippen LogP contribution in [0.2, 0.25) is 36.3 Å². The van der Waals surface area contributed by atoms with E-state index in [0.717, 1.165) is 0 Å². The lowest BCUT2D eigenvalue weighted by atomic mass is 10.2. The van der Waals surface area contributed by atoms with E-state index in [2.05, 4.69) is 86.5 Å². The molecule has 158 valence electrons. The van der Waals surface area contributed by atoms with Gasteiger partial charge in [-0.1, -0.05) is 60.3 Å². The van der Waals surface area contributed by atoms with E-state index in [0.29, 0.717) is 0 Å². The molecule has 0 fully saturated rings. The molecule has 4 atom stereocenters. The highest BCUT2D eigenvalue weighted by atomic mass is 28.4. The predicted octanol–water partition coefficient (Wildman–Crippen LogP) is 5.88. The Bertz CT molecular complexity index is 529. The molecule has 1 aliphatic rings. The molecular formula is C21H42O4Si2. The van der Waals surface area contributed by atoms with Crippen molar-refractivity contribution in [3.8, 4) is 0 Å². The first kappa shape index (κ1) is 24.8. The van der Waals surface area contributed by atoms with Crippen LogP contribution in [0.15, 0.2) is 24.8 Å². The largest absolute Gasteiger partial charge is 0.408 e. The van der Waals surface area contributed by atoms with Crippen LogP contribution in [0.4, 0.5) is 0 Å². The maximum atomic E-state index is 6.80. The van der Waals surface area contributed by atoms with Gasteiger partial charge >= 0.3 is 0 Å². The molecule has 0 radical (unpaired) electrons. The summed E-state index contributed by atoms with van der Waals surface area (Å²) in [4.78, 5) is 0. The molecule has 1 aliphatic carbocycles. The van der Waals surface area contributed by atoms with E-state index >= 15 is 0 Å². The monoisotopic (exact) mass is 414 g/mol. The number of hydrogen-bond acceptors (Lipinski definition) is 4. The molecule has 4 nitrogen and oxygen atoms in total. The van der Waals surface area contributed by atoms with Crippen molar-refractivity contribution in [3.63, 3.8) is 0 Å². The number of rotatable bonds is 8. The first-order valence-electron chi connectivity index (χ1n) is 9.90. The van der Waals surface area contributed by atoms with Crippen molar-refractivity contribution in [3.05, 3.63) is 24.8 Å². The molecule has 0 saturated carbocycles. The Hall–Kier alpha value is -0.246. The lowest BCUT2D eigenvalue weighted by molar-refractivity contribution is -0.142. The summed E-state index contributed by atoms with van der Waals surface area (Å²) in [7, 11) is -2.32. The highest BCUT2D eigenvalue weighted by Crippen LogP contribution is 2.42. The van der Waals surface area contributed by atoms with Crippen molar-refractivity contribution in [1.29, 1.82) is 0 Å². The van der Waals surface area contributed by atoms with Crippen LogP contribution in [-0.2, 0) is 18.3 Å². The Balaban J connectivity index is 3.11. The summed E-state index contributed by atoms with van der Waals surface area (Å²) in [5, 5.41) is 0.248. The lowest BCUT2D eigenvalue weighted by Gasteiger charge is -2.44. The van der Waals surface area contributed by atoms with Gasteiger partial charge < -0.3 is 18.3 Å². The topological polar surface area (TPSA) is 36.9 Å². The second-order valence-corrected chi connectivity index (χ2v) is 20.0. The van der Waals surface area contributed by atoms with Crippen molar-refractivity contribution >= 4 is 16.6 Å². The normalized spacial score (nSPS) is 25.7. The summed E-state index contributed by atoms with van der Waals surface area (Å²) >= 11 is 0. The molecule has 0 saturated heterocycles. The van der Waals surface area contributed by atoms with Gasteiger partial charge in [-0.15, -0.1) is 0 Å². The summed E-state index contributed by atoms with van der Waals surface area (Å²) in [5.41, 5.74) is 0. The zero-order valence-electron chi connectivity index (χ0n) is 19.4. The second-order valence-electron chi connectivity index (χ2n) is 10.5. The number of ether oxygens (including phenoxy) is 2. The molecule has 1 rings (SSSR count). The van der Waals surface area contributed by atoms with Crippen LogP contribution in [0, 0.1) is 0 Å². The van der Waals surface area contributed by atoms with Crippen LogP contribution in [0.25, 0.3) is 0 Å². The van der Waals surface area contributed by atoms with E-state index in [9.17, 15) is 0 Å². The van der Waals surface area contributed by atoms with Gasteiger partial charge in [0.1, 0.15) is 12.2 Å². The molecule has 0 heterocycles. The Morgan fingerprint density at radius 3 is 1.70 bits per heavy atom. The predicted molar refractivity (Wildman–Crippen MR) is 119 cm³/mol. The zero-order valence-corrected chi connectivity index (χ0v) is 21.4. The van der Waals surface area contributed by atoms with E-state index in [4.69, 9.17) is 18.3 Å². The van der Waals surface area contributed by atoms with Gasteiger partial charge in [0.05, 0.1) is 6.10 Å². The molecular weight excluding hydrogens is 372 g/mol. The Labute approximate surface area is 169 Å². The third-order valence-corrected chi connectivity index (χ3v) is 15.3. The zero-order chi connectivity index (χ0) is 21.3. The molecule has 0 aliphatic heterocycles. The quantitative estimate of drug-likeness (QED) is 0.282. The molecule has 0 bridgehead atoms. The molecule has 1 unspecified atom stereocenters. The van der Waals surface area contributed by atoms with Gasteiger partial charge in [-0.2, -0.15) is 0 Å². The lowest BCUT2D eigenvalue weighted by Crippen LogP contribution is -2.53. The summed E-state index contributed by atoms with van der Waals surface area (Å²) in [6.45, 7) is 26.4. The maximum absolute atomic E-state index is 6.80. The van der Waals surface area contributed by atoms with E-state index in [1.54, 1.807) is 13.2 Å². The van der Waals surface area contributed by atoms with Crippen LogP contribution in [0.5, 0.6) is 0 Å². The van der Waals surface area contributed by atoms with Crippen molar-refractivity contribution in [2.75, 3.05) is 7.11 Å². The van der Waals surface area contributed by atoms with E-state index in [1.807, 2.05) is 0 Å². The molecule has 0 aromatic heterocycles. The molecule has 27 heavy (non-hydrogen) atoms. The minimum Gasteiger partial charge on any atom is -0.408 e. The van der Waals surface area contributed by atoms with Gasteiger partial charge in [0.25, 0.3) is 0 Å². The van der Waals surface area contributed by atoms with Crippen molar-refractivity contribution in [1.82, 2.24) is 0 Å². The molecule has 0 spiro atoms. The Kier molecular flexibility index (Phi) is 7.93. The summed E-state index contributed by atoms with van der Waals surface area (Å²) in [6, 6.07) is 0. The van der Waals surface area contributed by atoms with Crippen LogP contribution < -0.4 is 0 Å². The van der Waals surface area contributed by atoms with Crippen LogP contribution >= 0.6 is 0 Å². The fourth-order valence-corrected chi connectivity index (χ4v) is 4.93. The minimum absolute atomic E-state index is 0.104. The Morgan fingerprint density at radius 1 is 0.852 bits per heavy atom. The van der Waals surface area contributed by atoms with Crippen molar-refractivity contribution in [2.45, 2.75) is 102 Å². The third-order valence-electron chi connectivity index (χ3n) is 6.33. The van der Waals surface area contributed by atoms with Gasteiger partial charge in [0.15, 0.2) is 22.9 Å². The average Bonchev–Trinajstić information content (AvgIpc) is 2.83. The van der Waals surface area contributed by atoms with E-state index in [-0.39, 0.29) is 28.4 Å². The van der Waals surface area contributed by atoms with Gasteiger partial charge in [-0.3, -0.25) is 0 Å². The molecule has 0 aromatic rings. The van der Waals surface area contributed by atoms with Gasteiger partial charge in [0.2, 0.25) is 0 Å². The summed E-state index contributed by atoms with van der Waals surface area (Å²) in [5.74, 6) is 0. The second kappa shape index (κ2) is 8.63.